The molecule has 0 bridgehead atoms. The Balaban J connectivity index is 1.46. The number of carbonyl (C=O) groups is 1. The molecule has 2 N–H and O–H groups in total. The van der Waals surface area contributed by atoms with Crippen molar-refractivity contribution in [3.05, 3.63) is 47.5 Å². The van der Waals surface area contributed by atoms with Gasteiger partial charge in [0.1, 0.15) is 16.8 Å². The molecule has 2 unspecified atom stereocenters. The second-order valence-electron chi connectivity index (χ2n) is 7.95. The zero-order valence-electron chi connectivity index (χ0n) is 18.6. The zero-order chi connectivity index (χ0) is 25.2. The van der Waals surface area contributed by atoms with Gasteiger partial charge in [0.15, 0.2) is 16.9 Å². The zero-order valence-corrected chi connectivity index (χ0v) is 20.2. The predicted molar refractivity (Wildman–Crippen MR) is 125 cm³/mol. The Kier molecular flexibility index (Phi) is 7.42. The van der Waals surface area contributed by atoms with Crippen LogP contribution in [0.15, 0.2) is 36.1 Å². The van der Waals surface area contributed by atoms with Crippen LogP contribution in [0.1, 0.15) is 44.2 Å². The van der Waals surface area contributed by atoms with E-state index in [4.69, 9.17) is 4.74 Å². The molecule has 2 atom stereocenters. The summed E-state index contributed by atoms with van der Waals surface area (Å²) in [7, 11) is -1.21. The fourth-order valence-electron chi connectivity index (χ4n) is 2.90. The number of hydrogen-bond donors (Lipinski definition) is 2. The summed E-state index contributed by atoms with van der Waals surface area (Å²) in [6.45, 7) is 3.55. The average Bonchev–Trinajstić information content (AvgIpc) is 3.57. The van der Waals surface area contributed by atoms with Gasteiger partial charge in [0.25, 0.3) is 5.91 Å². The minimum atomic E-state index is -4.62. The van der Waals surface area contributed by atoms with Crippen LogP contribution in [0.5, 0.6) is 0 Å². The normalized spacial score (nSPS) is 15.6. The molecule has 35 heavy (non-hydrogen) atoms. The third-order valence-electron chi connectivity index (χ3n) is 4.69. The third-order valence-corrected chi connectivity index (χ3v) is 7.06. The summed E-state index contributed by atoms with van der Waals surface area (Å²) in [5.41, 5.74) is -0.459. The lowest BCUT2D eigenvalue weighted by atomic mass is 10.2. The molecule has 0 aliphatic heterocycles. The largest absolute Gasteiger partial charge is 0.434 e. The highest BCUT2D eigenvalue weighted by molar-refractivity contribution is 7.87. The lowest BCUT2D eigenvalue weighted by Gasteiger charge is -2.18. The minimum absolute atomic E-state index is 0.00249. The van der Waals surface area contributed by atoms with Crippen molar-refractivity contribution in [2.75, 3.05) is 10.0 Å². The second kappa shape index (κ2) is 10.3. The van der Waals surface area contributed by atoms with E-state index in [1.807, 2.05) is 0 Å². The van der Waals surface area contributed by atoms with E-state index in [1.165, 1.54) is 35.9 Å². The van der Waals surface area contributed by atoms with Gasteiger partial charge in [-0.3, -0.25) is 14.5 Å². The van der Waals surface area contributed by atoms with Crippen LogP contribution >= 0.6 is 11.3 Å². The van der Waals surface area contributed by atoms with Crippen LogP contribution in [-0.2, 0) is 26.7 Å². The lowest BCUT2D eigenvalue weighted by molar-refractivity contribution is -0.141. The second-order valence-corrected chi connectivity index (χ2v) is 10.3. The number of amides is 1. The Bertz CT molecular complexity index is 1220. The number of nitrogens with zero attached hydrogens (tertiary/aromatic N) is 4. The van der Waals surface area contributed by atoms with Crippen molar-refractivity contribution < 1.29 is 26.9 Å². The van der Waals surface area contributed by atoms with Crippen molar-refractivity contribution in [3.8, 4) is 11.3 Å². The molecule has 0 spiro atoms. The first-order chi connectivity index (χ1) is 16.6. The number of rotatable bonds is 9. The topological polar surface area (TPSA) is 119 Å². The van der Waals surface area contributed by atoms with Gasteiger partial charge in [-0.15, -0.1) is 11.3 Å². The summed E-state index contributed by atoms with van der Waals surface area (Å²) in [4.78, 5) is 28.6. The van der Waals surface area contributed by atoms with E-state index in [0.29, 0.717) is 22.6 Å². The van der Waals surface area contributed by atoms with Crippen LogP contribution in [0.2, 0.25) is 0 Å². The number of alkyl halides is 3. The molecule has 0 radical (unpaired) electrons. The molecular formula is C21H21F3N6O3S2. The summed E-state index contributed by atoms with van der Waals surface area (Å²) in [5.74, 6) is -0.363. The van der Waals surface area contributed by atoms with Crippen molar-refractivity contribution in [1.29, 1.82) is 0 Å². The molecule has 4 rings (SSSR count). The highest BCUT2D eigenvalue weighted by atomic mass is 32.2. The maximum atomic E-state index is 13.0. The number of carbonyl (C=O) groups excluding carboxylic acids is 1. The van der Waals surface area contributed by atoms with Crippen molar-refractivity contribution in [1.82, 2.24) is 19.9 Å². The molecule has 186 valence electrons. The summed E-state index contributed by atoms with van der Waals surface area (Å²) in [6, 6.07) is 2.91. The van der Waals surface area contributed by atoms with Gasteiger partial charge in [0, 0.05) is 17.1 Å². The summed E-state index contributed by atoms with van der Waals surface area (Å²) in [6.07, 6.45) is -1.02. The molecule has 1 fully saturated rings. The first kappa shape index (κ1) is 25.1. The number of thiazole rings is 1. The fraction of sp³-hybridized carbons (Fsp3) is 0.381. The SMILES string of the molecule is CC(C)OC(C(=O)Nc1ccc(-c2cncc(C(F)(F)F)n2)cn1)c1csc(NS(=O)C2CC2)n1. The van der Waals surface area contributed by atoms with E-state index in [-0.39, 0.29) is 22.9 Å². The number of pyridine rings is 1. The van der Waals surface area contributed by atoms with Crippen LogP contribution in [0.4, 0.5) is 24.1 Å². The van der Waals surface area contributed by atoms with E-state index in [2.05, 4.69) is 30.0 Å². The Morgan fingerprint density at radius 3 is 2.60 bits per heavy atom. The number of anilines is 2. The molecule has 1 saturated carbocycles. The Hall–Kier alpha value is -2.97. The average molecular weight is 527 g/mol. The molecule has 9 nitrogen and oxygen atoms in total. The predicted octanol–water partition coefficient (Wildman–Crippen LogP) is 4.36. The molecule has 3 aromatic rings. The standard InChI is InChI=1S/C21H21F3N6O3S2/c1-11(2)33-18(15-10-34-20(28-15)30-35(32)13-4-5-13)19(31)29-17-6-3-12(7-26-17)14-8-25-9-16(27-14)21(22,23)24/h3,6-11,13,18H,4-5H2,1-2H3,(H,28,30)(H,26,29,31). The van der Waals surface area contributed by atoms with Crippen molar-refractivity contribution in [2.45, 2.75) is 50.3 Å². The van der Waals surface area contributed by atoms with E-state index >= 15 is 0 Å². The van der Waals surface area contributed by atoms with Gasteiger partial charge in [-0.25, -0.2) is 19.2 Å². The molecule has 3 heterocycles. The highest BCUT2D eigenvalue weighted by Crippen LogP contribution is 2.31. The van der Waals surface area contributed by atoms with Gasteiger partial charge in [-0.05, 0) is 38.8 Å². The smallest absolute Gasteiger partial charge is 0.359 e. The Morgan fingerprint density at radius 1 is 1.20 bits per heavy atom. The summed E-state index contributed by atoms with van der Waals surface area (Å²) >= 11 is 1.22. The lowest BCUT2D eigenvalue weighted by Crippen LogP contribution is -2.26. The van der Waals surface area contributed by atoms with Gasteiger partial charge in [-0.2, -0.15) is 13.2 Å². The number of ether oxygens (including phenoxy) is 1. The van der Waals surface area contributed by atoms with Crippen molar-refractivity contribution in [2.24, 2.45) is 0 Å². The van der Waals surface area contributed by atoms with Crippen LogP contribution in [0.3, 0.4) is 0 Å². The third kappa shape index (κ3) is 6.58. The van der Waals surface area contributed by atoms with Crippen molar-refractivity contribution >= 4 is 39.2 Å². The molecule has 1 amide bonds. The van der Waals surface area contributed by atoms with Gasteiger partial charge in [0.2, 0.25) is 0 Å². The molecule has 0 aromatic carbocycles. The monoisotopic (exact) mass is 526 g/mol. The maximum absolute atomic E-state index is 13.0. The van der Waals surface area contributed by atoms with Gasteiger partial charge >= 0.3 is 6.18 Å². The summed E-state index contributed by atoms with van der Waals surface area (Å²) < 4.78 is 59.4. The van der Waals surface area contributed by atoms with Crippen molar-refractivity contribution in [3.63, 3.8) is 0 Å². The molecular weight excluding hydrogens is 505 g/mol. The first-order valence-corrected chi connectivity index (χ1v) is 12.6. The van der Waals surface area contributed by atoms with Crippen LogP contribution in [0.25, 0.3) is 11.3 Å². The van der Waals surface area contributed by atoms with Crippen LogP contribution in [-0.4, -0.2) is 41.4 Å². The molecule has 14 heteroatoms. The molecule has 1 aliphatic carbocycles. The van der Waals surface area contributed by atoms with Crippen LogP contribution < -0.4 is 10.0 Å². The van der Waals surface area contributed by atoms with E-state index < -0.39 is 34.9 Å². The van der Waals surface area contributed by atoms with E-state index in [1.54, 1.807) is 19.2 Å². The Labute approximate surface area is 205 Å². The minimum Gasteiger partial charge on any atom is -0.359 e. The first-order valence-electron chi connectivity index (χ1n) is 10.5. The quantitative estimate of drug-likeness (QED) is 0.425. The molecule has 3 aromatic heterocycles. The van der Waals surface area contributed by atoms with Gasteiger partial charge in [-0.1, -0.05) is 0 Å². The van der Waals surface area contributed by atoms with Crippen LogP contribution in [0, 0.1) is 0 Å². The van der Waals surface area contributed by atoms with Gasteiger partial charge in [0.05, 0.1) is 35.1 Å². The summed E-state index contributed by atoms with van der Waals surface area (Å²) in [5, 5.41) is 4.85. The Morgan fingerprint density at radius 2 is 1.97 bits per heavy atom. The van der Waals surface area contributed by atoms with Gasteiger partial charge < -0.3 is 10.1 Å². The highest BCUT2D eigenvalue weighted by Gasteiger charge is 2.33. The van der Waals surface area contributed by atoms with E-state index in [9.17, 15) is 22.2 Å². The number of aromatic nitrogens is 4. The number of halogens is 3. The molecule has 1 aliphatic rings. The molecule has 0 saturated heterocycles. The number of hydrogen-bond acceptors (Lipinski definition) is 8. The fourth-order valence-corrected chi connectivity index (χ4v) is 4.85. The number of nitrogens with one attached hydrogen (secondary N) is 2. The maximum Gasteiger partial charge on any atom is 0.434 e. The van der Waals surface area contributed by atoms with E-state index in [0.717, 1.165) is 12.8 Å².